The van der Waals surface area contributed by atoms with E-state index in [0.717, 1.165) is 6.42 Å². The first kappa shape index (κ1) is 17.0. The fourth-order valence-corrected chi connectivity index (χ4v) is 3.05. The molecule has 1 aliphatic heterocycles. The van der Waals surface area contributed by atoms with Gasteiger partial charge in [0.2, 0.25) is 5.91 Å². The highest BCUT2D eigenvalue weighted by Crippen LogP contribution is 2.25. The molecule has 1 saturated heterocycles. The highest BCUT2D eigenvalue weighted by molar-refractivity contribution is 5.98. The Morgan fingerprint density at radius 3 is 2.48 bits per heavy atom. The summed E-state index contributed by atoms with van der Waals surface area (Å²) >= 11 is 0. The minimum absolute atomic E-state index is 0.0254. The summed E-state index contributed by atoms with van der Waals surface area (Å²) in [6.45, 7) is 0.604. The van der Waals surface area contributed by atoms with E-state index < -0.39 is 0 Å². The summed E-state index contributed by atoms with van der Waals surface area (Å²) in [4.78, 5) is 28.4. The predicted octanol–water partition coefficient (Wildman–Crippen LogP) is 3.17. The fourth-order valence-electron chi connectivity index (χ4n) is 3.05. The minimum atomic E-state index is -0.374. The predicted molar refractivity (Wildman–Crippen MR) is 95.7 cm³/mol. The molecule has 2 amide bonds. The van der Waals surface area contributed by atoms with Gasteiger partial charge in [-0.05, 0) is 43.2 Å². The van der Waals surface area contributed by atoms with Crippen LogP contribution in [0.4, 0.5) is 0 Å². The maximum absolute atomic E-state index is 12.9. The van der Waals surface area contributed by atoms with Crippen LogP contribution in [-0.4, -0.2) is 48.3 Å². The highest BCUT2D eigenvalue weighted by Gasteiger charge is 2.35. The number of nitrogens with zero attached hydrogens (tertiary/aromatic N) is 2. The second-order valence-corrected chi connectivity index (χ2v) is 6.33. The number of hydrogen-bond donors (Lipinski definition) is 0. The molecule has 1 heterocycles. The fraction of sp³-hybridized carbons (Fsp3) is 0.300. The third-order valence-electron chi connectivity index (χ3n) is 4.30. The van der Waals surface area contributed by atoms with Gasteiger partial charge in [-0.3, -0.25) is 9.59 Å². The van der Waals surface area contributed by atoms with E-state index in [0.29, 0.717) is 30.0 Å². The van der Waals surface area contributed by atoms with Gasteiger partial charge in [-0.25, -0.2) is 0 Å². The minimum Gasteiger partial charge on any atom is -0.457 e. The Morgan fingerprint density at radius 2 is 1.76 bits per heavy atom. The topological polar surface area (TPSA) is 49.9 Å². The number of rotatable bonds is 4. The summed E-state index contributed by atoms with van der Waals surface area (Å²) in [5, 5.41) is 0. The zero-order valence-corrected chi connectivity index (χ0v) is 14.5. The first-order chi connectivity index (χ1) is 12.1. The third kappa shape index (κ3) is 3.82. The average Bonchev–Trinajstić information content (AvgIpc) is 3.11. The average molecular weight is 338 g/mol. The van der Waals surface area contributed by atoms with Crippen LogP contribution < -0.4 is 4.74 Å². The number of para-hydroxylation sites is 1. The van der Waals surface area contributed by atoms with Crippen molar-refractivity contribution in [1.82, 2.24) is 9.80 Å². The molecule has 130 valence electrons. The Morgan fingerprint density at radius 1 is 1.04 bits per heavy atom. The number of carbonyl (C=O) groups is 2. The van der Waals surface area contributed by atoms with E-state index in [1.807, 2.05) is 36.4 Å². The summed E-state index contributed by atoms with van der Waals surface area (Å²) in [6, 6.07) is 16.2. The molecule has 0 spiro atoms. The number of hydrogen-bond acceptors (Lipinski definition) is 3. The highest BCUT2D eigenvalue weighted by atomic mass is 16.5. The van der Waals surface area contributed by atoms with Crippen LogP contribution in [0, 0.1) is 0 Å². The molecular weight excluding hydrogens is 316 g/mol. The molecule has 1 fully saturated rings. The summed E-state index contributed by atoms with van der Waals surface area (Å²) in [5.74, 6) is 1.17. The largest absolute Gasteiger partial charge is 0.457 e. The summed E-state index contributed by atoms with van der Waals surface area (Å²) in [5.41, 5.74) is 0.534. The summed E-state index contributed by atoms with van der Waals surface area (Å²) < 4.78 is 5.80. The number of amides is 2. The van der Waals surface area contributed by atoms with Crippen molar-refractivity contribution in [2.45, 2.75) is 18.9 Å². The number of benzene rings is 2. The van der Waals surface area contributed by atoms with Crippen LogP contribution in [0.3, 0.4) is 0 Å². The Bertz CT molecular complexity index is 759. The van der Waals surface area contributed by atoms with Gasteiger partial charge in [-0.1, -0.05) is 24.3 Å². The van der Waals surface area contributed by atoms with E-state index in [2.05, 4.69) is 0 Å². The van der Waals surface area contributed by atoms with Crippen LogP contribution in [0.5, 0.6) is 11.5 Å². The maximum atomic E-state index is 12.9. The van der Waals surface area contributed by atoms with Crippen LogP contribution in [0.1, 0.15) is 23.2 Å². The Hall–Kier alpha value is -2.82. The van der Waals surface area contributed by atoms with Gasteiger partial charge in [0, 0.05) is 26.2 Å². The van der Waals surface area contributed by atoms with Gasteiger partial charge in [0.05, 0.1) is 0 Å². The van der Waals surface area contributed by atoms with Crippen LogP contribution >= 0.6 is 0 Å². The van der Waals surface area contributed by atoms with Gasteiger partial charge in [-0.15, -0.1) is 0 Å². The quantitative estimate of drug-likeness (QED) is 0.860. The maximum Gasteiger partial charge on any atom is 0.254 e. The molecule has 0 aliphatic carbocycles. The molecule has 0 radical (unpaired) electrons. The molecule has 0 N–H and O–H groups in total. The van der Waals surface area contributed by atoms with E-state index in [-0.39, 0.29) is 17.9 Å². The van der Waals surface area contributed by atoms with Gasteiger partial charge in [0.1, 0.15) is 17.5 Å². The van der Waals surface area contributed by atoms with Gasteiger partial charge in [-0.2, -0.15) is 0 Å². The van der Waals surface area contributed by atoms with Gasteiger partial charge >= 0.3 is 0 Å². The Labute approximate surface area is 147 Å². The number of carbonyl (C=O) groups excluding carboxylic acids is 2. The molecule has 0 saturated carbocycles. The van der Waals surface area contributed by atoms with E-state index in [1.54, 1.807) is 42.1 Å². The van der Waals surface area contributed by atoms with Crippen molar-refractivity contribution < 1.29 is 14.3 Å². The Kier molecular flexibility index (Phi) is 5.03. The second kappa shape index (κ2) is 7.38. The molecule has 0 bridgehead atoms. The molecule has 5 nitrogen and oxygen atoms in total. The van der Waals surface area contributed by atoms with Crippen molar-refractivity contribution in [3.63, 3.8) is 0 Å². The van der Waals surface area contributed by atoms with Crippen molar-refractivity contribution in [2.75, 3.05) is 20.6 Å². The lowest BCUT2D eigenvalue weighted by atomic mass is 10.1. The van der Waals surface area contributed by atoms with Gasteiger partial charge < -0.3 is 14.5 Å². The smallest absolute Gasteiger partial charge is 0.254 e. The van der Waals surface area contributed by atoms with Crippen molar-refractivity contribution in [1.29, 1.82) is 0 Å². The third-order valence-corrected chi connectivity index (χ3v) is 4.30. The zero-order chi connectivity index (χ0) is 17.8. The van der Waals surface area contributed by atoms with Crippen LogP contribution in [0.25, 0.3) is 0 Å². The van der Waals surface area contributed by atoms with Crippen molar-refractivity contribution in [3.05, 3.63) is 60.2 Å². The first-order valence-electron chi connectivity index (χ1n) is 8.41. The van der Waals surface area contributed by atoms with Gasteiger partial charge in [0.15, 0.2) is 0 Å². The summed E-state index contributed by atoms with van der Waals surface area (Å²) in [7, 11) is 3.44. The lowest BCUT2D eigenvalue weighted by molar-refractivity contribution is -0.132. The van der Waals surface area contributed by atoms with Crippen molar-refractivity contribution in [2.24, 2.45) is 0 Å². The van der Waals surface area contributed by atoms with Crippen molar-refractivity contribution >= 4 is 11.8 Å². The SMILES string of the molecule is CN(C)C(=O)C1CCCN1C(=O)c1cccc(Oc2ccccc2)c1. The molecule has 2 aromatic rings. The molecule has 3 rings (SSSR count). The van der Waals surface area contributed by atoms with E-state index in [1.165, 1.54) is 0 Å². The Balaban J connectivity index is 1.78. The first-order valence-corrected chi connectivity index (χ1v) is 8.41. The van der Waals surface area contributed by atoms with E-state index in [9.17, 15) is 9.59 Å². The molecule has 1 aliphatic rings. The normalized spacial score (nSPS) is 16.6. The number of likely N-dealkylation sites (tertiary alicyclic amines) is 1. The van der Waals surface area contributed by atoms with Crippen LogP contribution in [-0.2, 0) is 4.79 Å². The van der Waals surface area contributed by atoms with Crippen molar-refractivity contribution in [3.8, 4) is 11.5 Å². The molecule has 25 heavy (non-hydrogen) atoms. The molecule has 0 aromatic heterocycles. The number of likely N-dealkylation sites (N-methyl/N-ethyl adjacent to an activating group) is 1. The molecule has 2 aromatic carbocycles. The van der Waals surface area contributed by atoms with E-state index in [4.69, 9.17) is 4.74 Å². The standard InChI is InChI=1S/C20H22N2O3/c1-21(2)20(24)18-12-7-13-22(18)19(23)15-8-6-11-17(14-15)25-16-9-4-3-5-10-16/h3-6,8-11,14,18H,7,12-13H2,1-2H3. The molecule has 5 heteroatoms. The summed E-state index contributed by atoms with van der Waals surface area (Å²) in [6.07, 6.45) is 1.55. The lowest BCUT2D eigenvalue weighted by Crippen LogP contribution is -2.45. The van der Waals surface area contributed by atoms with Crippen LogP contribution in [0.15, 0.2) is 54.6 Å². The van der Waals surface area contributed by atoms with Crippen LogP contribution in [0.2, 0.25) is 0 Å². The molecular formula is C20H22N2O3. The second-order valence-electron chi connectivity index (χ2n) is 6.33. The monoisotopic (exact) mass is 338 g/mol. The lowest BCUT2D eigenvalue weighted by Gasteiger charge is -2.26. The number of ether oxygens (including phenoxy) is 1. The van der Waals surface area contributed by atoms with E-state index >= 15 is 0 Å². The molecule has 1 unspecified atom stereocenters. The zero-order valence-electron chi connectivity index (χ0n) is 14.5. The van der Waals surface area contributed by atoms with Gasteiger partial charge in [0.25, 0.3) is 5.91 Å². The molecule has 1 atom stereocenters.